The first-order valence-corrected chi connectivity index (χ1v) is 11.0. The Kier molecular flexibility index (Phi) is 6.68. The van der Waals surface area contributed by atoms with Crippen LogP contribution in [0.15, 0.2) is 60.7 Å². The van der Waals surface area contributed by atoms with Gasteiger partial charge in [-0.2, -0.15) is 0 Å². The van der Waals surface area contributed by atoms with E-state index in [0.717, 1.165) is 34.1 Å². The lowest BCUT2D eigenvalue weighted by Crippen LogP contribution is -2.33. The van der Waals surface area contributed by atoms with Crippen LogP contribution in [0.25, 0.3) is 11.3 Å². The van der Waals surface area contributed by atoms with Gasteiger partial charge in [-0.15, -0.1) is 0 Å². The number of nitrogens with zero attached hydrogens (tertiary/aromatic N) is 4. The number of ether oxygens (including phenoxy) is 2. The monoisotopic (exact) mass is 446 g/mol. The number of carbonyl (C=O) groups is 1. The molecule has 0 radical (unpaired) electrons. The van der Waals surface area contributed by atoms with E-state index < -0.39 is 0 Å². The number of rotatable bonds is 6. The van der Waals surface area contributed by atoms with Gasteiger partial charge in [0, 0.05) is 63.2 Å². The molecule has 1 saturated heterocycles. The number of benzene rings is 2. The number of carbonyl (C=O) groups excluding carboxylic acids is 1. The molecule has 1 fully saturated rings. The van der Waals surface area contributed by atoms with Crippen molar-refractivity contribution in [2.45, 2.75) is 6.42 Å². The second kappa shape index (κ2) is 9.81. The fourth-order valence-corrected chi connectivity index (χ4v) is 4.03. The van der Waals surface area contributed by atoms with E-state index >= 15 is 0 Å². The van der Waals surface area contributed by atoms with Gasteiger partial charge in [0.1, 0.15) is 5.75 Å². The SMILES string of the molecule is COc1ccc(N2CCN(c3ccc(OC)nc3-c3ccc(N(C)C)cc3)CCC2=O)cc1. The molecule has 1 aromatic heterocycles. The van der Waals surface area contributed by atoms with Gasteiger partial charge in [-0.1, -0.05) is 12.1 Å². The van der Waals surface area contributed by atoms with Crippen molar-refractivity contribution in [2.75, 3.05) is 62.6 Å². The predicted octanol–water partition coefficient (Wildman–Crippen LogP) is 4.08. The van der Waals surface area contributed by atoms with Crippen LogP contribution < -0.4 is 24.2 Å². The topological polar surface area (TPSA) is 58.1 Å². The number of hydrogen-bond acceptors (Lipinski definition) is 6. The maximum absolute atomic E-state index is 12.9. The van der Waals surface area contributed by atoms with Crippen molar-refractivity contribution in [1.82, 2.24) is 4.98 Å². The van der Waals surface area contributed by atoms with E-state index in [1.165, 1.54) is 0 Å². The summed E-state index contributed by atoms with van der Waals surface area (Å²) in [7, 11) is 7.30. The van der Waals surface area contributed by atoms with Gasteiger partial charge in [-0.05, 0) is 42.5 Å². The Hall–Kier alpha value is -3.74. The third-order valence-corrected chi connectivity index (χ3v) is 5.93. The number of aromatic nitrogens is 1. The van der Waals surface area contributed by atoms with Crippen molar-refractivity contribution in [3.63, 3.8) is 0 Å². The van der Waals surface area contributed by atoms with Crippen LogP contribution in [0.1, 0.15) is 6.42 Å². The van der Waals surface area contributed by atoms with Crippen molar-refractivity contribution < 1.29 is 14.3 Å². The second-order valence-corrected chi connectivity index (χ2v) is 8.14. The van der Waals surface area contributed by atoms with Gasteiger partial charge in [0.15, 0.2) is 0 Å². The van der Waals surface area contributed by atoms with Crippen LogP contribution in [0.2, 0.25) is 0 Å². The van der Waals surface area contributed by atoms with E-state index in [-0.39, 0.29) is 5.91 Å². The highest BCUT2D eigenvalue weighted by atomic mass is 16.5. The first-order valence-electron chi connectivity index (χ1n) is 11.0. The van der Waals surface area contributed by atoms with Crippen LogP contribution in [-0.2, 0) is 4.79 Å². The maximum Gasteiger partial charge on any atom is 0.228 e. The molecule has 0 aliphatic carbocycles. The van der Waals surface area contributed by atoms with Gasteiger partial charge >= 0.3 is 0 Å². The first-order chi connectivity index (χ1) is 16.0. The van der Waals surface area contributed by atoms with Crippen LogP contribution in [0.4, 0.5) is 17.1 Å². The lowest BCUT2D eigenvalue weighted by Gasteiger charge is -2.26. The van der Waals surface area contributed by atoms with Crippen LogP contribution in [-0.4, -0.2) is 58.8 Å². The van der Waals surface area contributed by atoms with Crippen LogP contribution in [0.3, 0.4) is 0 Å². The lowest BCUT2D eigenvalue weighted by molar-refractivity contribution is -0.118. The van der Waals surface area contributed by atoms with Gasteiger partial charge in [0.2, 0.25) is 11.8 Å². The number of amides is 1. The Balaban J connectivity index is 1.62. The van der Waals surface area contributed by atoms with Crippen molar-refractivity contribution >= 4 is 23.0 Å². The zero-order chi connectivity index (χ0) is 23.4. The summed E-state index contributed by atoms with van der Waals surface area (Å²) >= 11 is 0. The van der Waals surface area contributed by atoms with Crippen LogP contribution >= 0.6 is 0 Å². The Morgan fingerprint density at radius 1 is 0.848 bits per heavy atom. The summed E-state index contributed by atoms with van der Waals surface area (Å²) in [6, 6.07) is 19.9. The Labute approximate surface area is 195 Å². The summed E-state index contributed by atoms with van der Waals surface area (Å²) in [5, 5.41) is 0. The average molecular weight is 447 g/mol. The van der Waals surface area contributed by atoms with E-state index in [4.69, 9.17) is 14.5 Å². The lowest BCUT2D eigenvalue weighted by atomic mass is 10.1. The fourth-order valence-electron chi connectivity index (χ4n) is 4.03. The molecule has 7 nitrogen and oxygen atoms in total. The Morgan fingerprint density at radius 3 is 2.21 bits per heavy atom. The minimum atomic E-state index is 0.112. The number of pyridine rings is 1. The van der Waals surface area contributed by atoms with E-state index in [9.17, 15) is 4.79 Å². The molecule has 4 rings (SSSR count). The molecule has 0 N–H and O–H groups in total. The first kappa shape index (κ1) is 22.5. The molecule has 2 heterocycles. The highest BCUT2D eigenvalue weighted by Gasteiger charge is 2.24. The van der Waals surface area contributed by atoms with Crippen molar-refractivity contribution in [3.05, 3.63) is 60.7 Å². The molecule has 1 amide bonds. The molecule has 0 atom stereocenters. The summed E-state index contributed by atoms with van der Waals surface area (Å²) < 4.78 is 10.7. The molecule has 0 bridgehead atoms. The molecule has 0 saturated carbocycles. The summed E-state index contributed by atoms with van der Waals surface area (Å²) in [4.78, 5) is 23.9. The quantitative estimate of drug-likeness (QED) is 0.569. The van der Waals surface area contributed by atoms with Gasteiger partial charge < -0.3 is 24.2 Å². The minimum Gasteiger partial charge on any atom is -0.497 e. The molecule has 1 aliphatic rings. The molecule has 33 heavy (non-hydrogen) atoms. The normalized spacial score (nSPS) is 14.1. The summed E-state index contributed by atoms with van der Waals surface area (Å²) in [6.07, 6.45) is 0.428. The number of hydrogen-bond donors (Lipinski definition) is 0. The average Bonchev–Trinajstić information content (AvgIpc) is 3.05. The Bertz CT molecular complexity index is 1100. The molecular formula is C26H30N4O3. The van der Waals surface area contributed by atoms with E-state index in [1.807, 2.05) is 55.4 Å². The summed E-state index contributed by atoms with van der Waals surface area (Å²) in [5.41, 5.74) is 4.87. The molecule has 7 heteroatoms. The summed E-state index contributed by atoms with van der Waals surface area (Å²) in [5.74, 6) is 1.45. The van der Waals surface area contributed by atoms with Gasteiger partial charge in [-0.25, -0.2) is 4.98 Å². The largest absolute Gasteiger partial charge is 0.497 e. The summed E-state index contributed by atoms with van der Waals surface area (Å²) in [6.45, 7) is 1.92. The molecule has 172 valence electrons. The molecular weight excluding hydrogens is 416 g/mol. The predicted molar refractivity (Wildman–Crippen MR) is 133 cm³/mol. The van der Waals surface area contributed by atoms with Gasteiger partial charge in [0.25, 0.3) is 0 Å². The Morgan fingerprint density at radius 2 is 1.58 bits per heavy atom. The van der Waals surface area contributed by atoms with E-state index in [0.29, 0.717) is 31.9 Å². The number of anilines is 3. The van der Waals surface area contributed by atoms with Gasteiger partial charge in [0.05, 0.1) is 25.6 Å². The standard InChI is InChI=1S/C26H30N4O3/c1-28(2)20-7-5-19(6-8-20)26-23(13-14-24(27-26)33-4)29-16-15-25(31)30(18-17-29)21-9-11-22(32-3)12-10-21/h5-14H,15-18H2,1-4H3. The smallest absolute Gasteiger partial charge is 0.228 e. The number of methoxy groups -OCH3 is 2. The van der Waals surface area contributed by atoms with Crippen molar-refractivity contribution in [2.24, 2.45) is 0 Å². The van der Waals surface area contributed by atoms with Crippen LogP contribution in [0.5, 0.6) is 11.6 Å². The highest BCUT2D eigenvalue weighted by Crippen LogP contribution is 2.33. The molecule has 3 aromatic rings. The molecule has 2 aromatic carbocycles. The van der Waals surface area contributed by atoms with Crippen molar-refractivity contribution in [1.29, 1.82) is 0 Å². The van der Waals surface area contributed by atoms with E-state index in [2.05, 4.69) is 34.1 Å². The maximum atomic E-state index is 12.9. The highest BCUT2D eigenvalue weighted by molar-refractivity contribution is 5.94. The zero-order valence-corrected chi connectivity index (χ0v) is 19.6. The fraction of sp³-hybridized carbons (Fsp3) is 0.308. The van der Waals surface area contributed by atoms with Crippen molar-refractivity contribution in [3.8, 4) is 22.9 Å². The molecule has 0 spiro atoms. The minimum absolute atomic E-state index is 0.112. The van der Waals surface area contributed by atoms with Gasteiger partial charge in [-0.3, -0.25) is 4.79 Å². The third-order valence-electron chi connectivity index (χ3n) is 5.93. The van der Waals surface area contributed by atoms with Crippen LogP contribution in [0, 0.1) is 0 Å². The molecule has 1 aliphatic heterocycles. The van der Waals surface area contributed by atoms with E-state index in [1.54, 1.807) is 14.2 Å². The second-order valence-electron chi connectivity index (χ2n) is 8.14. The zero-order valence-electron chi connectivity index (χ0n) is 19.6. The third kappa shape index (κ3) is 4.87. The molecule has 0 unspecified atom stereocenters.